The second-order valence-electron chi connectivity index (χ2n) is 9.73. The summed E-state index contributed by atoms with van der Waals surface area (Å²) in [5, 5.41) is 3.52. The summed E-state index contributed by atoms with van der Waals surface area (Å²) in [6.07, 6.45) is 1.98. The SMILES string of the molecule is CC1(C)c2cc(C3=NC=C(c4ccccc4)CN3)ccc2-c2cc3c(cc21)Oc1ccccc1O3. The molecule has 170 valence electrons. The number of hydrogen-bond acceptors (Lipinski definition) is 4. The Bertz CT molecular complexity index is 1560. The number of hydrogen-bond donors (Lipinski definition) is 1. The van der Waals surface area contributed by atoms with Crippen molar-refractivity contribution in [2.24, 2.45) is 4.99 Å². The van der Waals surface area contributed by atoms with Crippen LogP contribution in [0.1, 0.15) is 36.1 Å². The summed E-state index contributed by atoms with van der Waals surface area (Å²) in [6, 6.07) is 29.1. The van der Waals surface area contributed by atoms with Gasteiger partial charge in [-0.25, -0.2) is 4.99 Å². The molecule has 0 atom stereocenters. The second kappa shape index (κ2) is 7.34. The number of aliphatic imine (C=N–C) groups is 1. The fourth-order valence-electron chi connectivity index (χ4n) is 5.32. The van der Waals surface area contributed by atoms with Crippen molar-refractivity contribution >= 4 is 11.4 Å². The monoisotopic (exact) mass is 456 g/mol. The lowest BCUT2D eigenvalue weighted by Crippen LogP contribution is -2.29. The van der Waals surface area contributed by atoms with Crippen LogP contribution in [-0.2, 0) is 5.41 Å². The van der Waals surface area contributed by atoms with Crippen LogP contribution in [0.3, 0.4) is 0 Å². The normalized spacial score (nSPS) is 16.3. The van der Waals surface area contributed by atoms with Crippen LogP contribution in [0.2, 0.25) is 0 Å². The summed E-state index contributed by atoms with van der Waals surface area (Å²) in [5.41, 5.74) is 8.27. The van der Waals surface area contributed by atoms with E-state index in [-0.39, 0.29) is 5.41 Å². The van der Waals surface area contributed by atoms with E-state index in [0.29, 0.717) is 0 Å². The number of amidine groups is 1. The van der Waals surface area contributed by atoms with Crippen LogP contribution in [0.15, 0.2) is 96.1 Å². The molecular weight excluding hydrogens is 432 g/mol. The van der Waals surface area contributed by atoms with Gasteiger partial charge in [0, 0.05) is 23.7 Å². The van der Waals surface area contributed by atoms with E-state index in [9.17, 15) is 0 Å². The molecule has 0 saturated heterocycles. The van der Waals surface area contributed by atoms with Crippen molar-refractivity contribution < 1.29 is 9.47 Å². The highest BCUT2D eigenvalue weighted by atomic mass is 16.6. The van der Waals surface area contributed by atoms with Gasteiger partial charge in [0.1, 0.15) is 5.84 Å². The first-order valence-electron chi connectivity index (χ1n) is 11.9. The molecule has 0 spiro atoms. The zero-order valence-corrected chi connectivity index (χ0v) is 19.6. The Morgan fingerprint density at radius 1 is 0.686 bits per heavy atom. The third-order valence-corrected chi connectivity index (χ3v) is 7.24. The standard InChI is InChI=1S/C31H24N2O2/c1-31(2)24-14-20(30-32-17-21(18-33-30)19-8-4-3-5-9-19)12-13-22(24)23-15-28-29(16-25(23)31)35-27-11-7-6-10-26(27)34-28/h3-17H,18H2,1-2H3,(H,32,33). The van der Waals surface area contributed by atoms with Gasteiger partial charge >= 0.3 is 0 Å². The van der Waals surface area contributed by atoms with Crippen LogP contribution in [0.5, 0.6) is 23.0 Å². The number of nitrogens with zero attached hydrogens (tertiary/aromatic N) is 1. The van der Waals surface area contributed by atoms with Gasteiger partial charge in [0.05, 0.1) is 0 Å². The Morgan fingerprint density at radius 2 is 1.37 bits per heavy atom. The van der Waals surface area contributed by atoms with Crippen LogP contribution >= 0.6 is 0 Å². The lowest BCUT2D eigenvalue weighted by atomic mass is 9.81. The van der Waals surface area contributed by atoms with E-state index in [4.69, 9.17) is 14.5 Å². The van der Waals surface area contributed by atoms with Crippen molar-refractivity contribution in [2.45, 2.75) is 19.3 Å². The van der Waals surface area contributed by atoms with E-state index >= 15 is 0 Å². The summed E-state index contributed by atoms with van der Waals surface area (Å²) in [5.74, 6) is 3.92. The number of fused-ring (bicyclic) bond motifs is 5. The van der Waals surface area contributed by atoms with Gasteiger partial charge in [-0.15, -0.1) is 0 Å². The van der Waals surface area contributed by atoms with E-state index in [1.54, 1.807) is 0 Å². The maximum atomic E-state index is 6.20. The first-order valence-corrected chi connectivity index (χ1v) is 11.9. The molecule has 0 amide bonds. The molecule has 3 aliphatic rings. The summed E-state index contributed by atoms with van der Waals surface area (Å²) in [6.45, 7) is 5.30. The highest BCUT2D eigenvalue weighted by Gasteiger charge is 2.38. The summed E-state index contributed by atoms with van der Waals surface area (Å²) in [4.78, 5) is 4.77. The smallest absolute Gasteiger partial charge is 0.170 e. The van der Waals surface area contributed by atoms with Crippen molar-refractivity contribution in [3.63, 3.8) is 0 Å². The molecule has 0 aromatic heterocycles. The fraction of sp³-hybridized carbons (Fsp3) is 0.129. The van der Waals surface area contributed by atoms with Gasteiger partial charge in [-0.3, -0.25) is 0 Å². The Labute approximate surface area is 204 Å². The predicted octanol–water partition coefficient (Wildman–Crippen LogP) is 7.28. The Balaban J connectivity index is 1.26. The van der Waals surface area contributed by atoms with Gasteiger partial charge in [-0.1, -0.05) is 68.4 Å². The molecule has 0 unspecified atom stereocenters. The van der Waals surface area contributed by atoms with Crippen LogP contribution in [0.4, 0.5) is 0 Å². The molecule has 2 aliphatic heterocycles. The highest BCUT2D eigenvalue weighted by molar-refractivity contribution is 6.02. The summed E-state index contributed by atoms with van der Waals surface area (Å²) >= 11 is 0. The van der Waals surface area contributed by atoms with Crippen molar-refractivity contribution in [3.05, 3.63) is 113 Å². The third-order valence-electron chi connectivity index (χ3n) is 7.24. The minimum atomic E-state index is -0.170. The van der Waals surface area contributed by atoms with Crippen molar-refractivity contribution in [3.8, 4) is 34.1 Å². The highest BCUT2D eigenvalue weighted by Crippen LogP contribution is 2.55. The van der Waals surface area contributed by atoms with Crippen LogP contribution in [0.25, 0.3) is 16.7 Å². The third kappa shape index (κ3) is 3.10. The molecule has 1 N–H and O–H groups in total. The van der Waals surface area contributed by atoms with E-state index in [2.05, 4.69) is 73.8 Å². The number of ether oxygens (including phenoxy) is 2. The average molecular weight is 457 g/mol. The Morgan fingerprint density at radius 3 is 2.09 bits per heavy atom. The van der Waals surface area contributed by atoms with Crippen molar-refractivity contribution in [1.29, 1.82) is 0 Å². The molecule has 0 bridgehead atoms. The lowest BCUT2D eigenvalue weighted by molar-refractivity contribution is 0.359. The van der Waals surface area contributed by atoms with Gasteiger partial charge in [0.15, 0.2) is 23.0 Å². The zero-order valence-electron chi connectivity index (χ0n) is 19.6. The fourth-order valence-corrected chi connectivity index (χ4v) is 5.32. The molecule has 4 nitrogen and oxygen atoms in total. The molecule has 7 rings (SSSR count). The molecule has 4 aromatic carbocycles. The van der Waals surface area contributed by atoms with Crippen LogP contribution in [0, 0.1) is 0 Å². The van der Waals surface area contributed by atoms with Crippen molar-refractivity contribution in [1.82, 2.24) is 5.32 Å². The summed E-state index contributed by atoms with van der Waals surface area (Å²) < 4.78 is 12.4. The average Bonchev–Trinajstić information content (AvgIpc) is 3.12. The molecule has 0 fully saturated rings. The maximum absolute atomic E-state index is 6.20. The molecule has 4 aromatic rings. The number of rotatable bonds is 2. The Kier molecular flexibility index (Phi) is 4.22. The lowest BCUT2D eigenvalue weighted by Gasteiger charge is -2.25. The minimum Gasteiger partial charge on any atom is -0.450 e. The maximum Gasteiger partial charge on any atom is 0.170 e. The molecule has 35 heavy (non-hydrogen) atoms. The quantitative estimate of drug-likeness (QED) is 0.303. The zero-order chi connectivity index (χ0) is 23.6. The van der Waals surface area contributed by atoms with Gasteiger partial charge in [-0.05, 0) is 63.7 Å². The van der Waals surface area contributed by atoms with E-state index in [1.165, 1.54) is 33.4 Å². The van der Waals surface area contributed by atoms with Gasteiger partial charge in [0.2, 0.25) is 0 Å². The summed E-state index contributed by atoms with van der Waals surface area (Å²) in [7, 11) is 0. The Hall–Kier alpha value is -4.31. The number of nitrogens with one attached hydrogen (secondary N) is 1. The second-order valence-corrected chi connectivity index (χ2v) is 9.73. The molecule has 1 aliphatic carbocycles. The first kappa shape index (κ1) is 20.1. The van der Waals surface area contributed by atoms with Gasteiger partial charge in [0.25, 0.3) is 0 Å². The van der Waals surface area contributed by atoms with E-state index < -0.39 is 0 Å². The number of para-hydroxylation sites is 2. The minimum absolute atomic E-state index is 0.170. The van der Waals surface area contributed by atoms with Crippen LogP contribution in [-0.4, -0.2) is 12.4 Å². The van der Waals surface area contributed by atoms with E-state index in [1.807, 2.05) is 36.5 Å². The molecule has 0 radical (unpaired) electrons. The van der Waals surface area contributed by atoms with Crippen LogP contribution < -0.4 is 14.8 Å². The van der Waals surface area contributed by atoms with E-state index in [0.717, 1.165) is 40.9 Å². The first-order chi connectivity index (χ1) is 17.1. The largest absolute Gasteiger partial charge is 0.450 e. The molecular formula is C31H24N2O2. The number of benzene rings is 4. The van der Waals surface area contributed by atoms with Gasteiger partial charge < -0.3 is 14.8 Å². The van der Waals surface area contributed by atoms with Crippen molar-refractivity contribution in [2.75, 3.05) is 6.54 Å². The van der Waals surface area contributed by atoms with Gasteiger partial charge in [-0.2, -0.15) is 0 Å². The predicted molar refractivity (Wildman–Crippen MR) is 140 cm³/mol. The topological polar surface area (TPSA) is 42.9 Å². The molecule has 4 heteroatoms. The molecule has 0 saturated carbocycles. The molecule has 2 heterocycles.